The molecule has 2 rings (SSSR count). The standard InChI is InChI=1S/C22H30N4O8/c1-12(27)18(26-19(30)14-8-5-9-23-14)21(32)24-15(10-13-6-3-2-4-7-13)20(31)25-16(22(33)34)11-17(28)29/h2-4,6-7,12,14-16,18,23,27H,5,8-11H2,1H3,(H,24,32)(H,25,31)(H,26,30)(H,28,29)(H,33,34). The van der Waals surface area contributed by atoms with Crippen LogP contribution >= 0.6 is 0 Å². The molecule has 12 nitrogen and oxygen atoms in total. The van der Waals surface area contributed by atoms with Gasteiger partial charge in [-0.2, -0.15) is 0 Å². The SMILES string of the molecule is CC(O)C(NC(=O)C1CCCN1)C(=O)NC(Cc1ccccc1)C(=O)NC(CC(=O)O)C(=O)O. The summed E-state index contributed by atoms with van der Waals surface area (Å²) < 4.78 is 0. The molecule has 5 atom stereocenters. The second-order valence-electron chi connectivity index (χ2n) is 8.12. The Kier molecular flexibility index (Phi) is 9.95. The van der Waals surface area contributed by atoms with Crippen molar-refractivity contribution in [3.8, 4) is 0 Å². The highest BCUT2D eigenvalue weighted by atomic mass is 16.4. The highest BCUT2D eigenvalue weighted by molar-refractivity contribution is 5.95. The fraction of sp³-hybridized carbons (Fsp3) is 0.500. The predicted molar refractivity (Wildman–Crippen MR) is 119 cm³/mol. The summed E-state index contributed by atoms with van der Waals surface area (Å²) in [4.78, 5) is 60.6. The molecule has 1 aromatic carbocycles. The molecule has 7 N–H and O–H groups in total. The maximum Gasteiger partial charge on any atom is 0.326 e. The second-order valence-corrected chi connectivity index (χ2v) is 8.12. The average molecular weight is 479 g/mol. The highest BCUT2D eigenvalue weighted by Gasteiger charge is 2.34. The van der Waals surface area contributed by atoms with E-state index in [9.17, 15) is 34.2 Å². The van der Waals surface area contributed by atoms with Gasteiger partial charge in [0.15, 0.2) is 0 Å². The Morgan fingerprint density at radius 3 is 2.18 bits per heavy atom. The van der Waals surface area contributed by atoms with Gasteiger partial charge in [-0.3, -0.25) is 19.2 Å². The number of aliphatic carboxylic acids is 2. The minimum absolute atomic E-state index is 0.0392. The van der Waals surface area contributed by atoms with Gasteiger partial charge in [-0.15, -0.1) is 0 Å². The topological polar surface area (TPSA) is 194 Å². The first-order valence-electron chi connectivity index (χ1n) is 10.9. The summed E-state index contributed by atoms with van der Waals surface area (Å²) in [6, 6.07) is 3.69. The minimum Gasteiger partial charge on any atom is -0.481 e. The number of carboxylic acid groups (broad SMARTS) is 2. The van der Waals surface area contributed by atoms with Crippen molar-refractivity contribution in [3.05, 3.63) is 35.9 Å². The zero-order valence-electron chi connectivity index (χ0n) is 18.7. The lowest BCUT2D eigenvalue weighted by Gasteiger charge is -2.26. The van der Waals surface area contributed by atoms with E-state index >= 15 is 0 Å². The molecular weight excluding hydrogens is 448 g/mol. The van der Waals surface area contributed by atoms with E-state index in [1.165, 1.54) is 6.92 Å². The quantitative estimate of drug-likeness (QED) is 0.185. The lowest BCUT2D eigenvalue weighted by atomic mass is 10.0. The molecule has 0 aromatic heterocycles. The zero-order valence-corrected chi connectivity index (χ0v) is 18.7. The van der Waals surface area contributed by atoms with Gasteiger partial charge in [-0.25, -0.2) is 4.79 Å². The Morgan fingerprint density at radius 1 is 1.00 bits per heavy atom. The smallest absolute Gasteiger partial charge is 0.326 e. The van der Waals surface area contributed by atoms with Crippen LogP contribution in [0.15, 0.2) is 30.3 Å². The van der Waals surface area contributed by atoms with Crippen LogP contribution in [0, 0.1) is 0 Å². The first kappa shape index (κ1) is 26.7. The molecule has 34 heavy (non-hydrogen) atoms. The normalized spacial score (nSPS) is 18.7. The van der Waals surface area contributed by atoms with E-state index < -0.39 is 66.4 Å². The van der Waals surface area contributed by atoms with Crippen LogP contribution in [0.1, 0.15) is 31.7 Å². The van der Waals surface area contributed by atoms with Crippen LogP contribution in [0.2, 0.25) is 0 Å². The number of hydrogen-bond acceptors (Lipinski definition) is 7. The van der Waals surface area contributed by atoms with Gasteiger partial charge in [0.05, 0.1) is 18.6 Å². The van der Waals surface area contributed by atoms with Gasteiger partial charge in [0.2, 0.25) is 17.7 Å². The minimum atomic E-state index is -1.71. The number of benzene rings is 1. The van der Waals surface area contributed by atoms with Crippen molar-refractivity contribution in [2.45, 2.75) is 62.9 Å². The number of rotatable bonds is 12. The fourth-order valence-corrected chi connectivity index (χ4v) is 3.53. The number of aliphatic hydroxyl groups excluding tert-OH is 1. The summed E-state index contributed by atoms with van der Waals surface area (Å²) >= 11 is 0. The number of amides is 3. The fourth-order valence-electron chi connectivity index (χ4n) is 3.53. The Hall–Kier alpha value is -3.51. The molecule has 12 heteroatoms. The van der Waals surface area contributed by atoms with Gasteiger partial charge in [0, 0.05) is 6.42 Å². The van der Waals surface area contributed by atoms with E-state index in [2.05, 4.69) is 21.3 Å². The molecule has 0 radical (unpaired) electrons. The molecule has 0 spiro atoms. The van der Waals surface area contributed by atoms with Gasteiger partial charge >= 0.3 is 11.9 Å². The average Bonchev–Trinajstić information content (AvgIpc) is 3.31. The highest BCUT2D eigenvalue weighted by Crippen LogP contribution is 2.08. The Morgan fingerprint density at radius 2 is 1.65 bits per heavy atom. The Balaban J connectivity index is 2.18. The number of carboxylic acids is 2. The number of aliphatic hydroxyl groups is 1. The van der Waals surface area contributed by atoms with Gasteiger partial charge < -0.3 is 36.6 Å². The summed E-state index contributed by atoms with van der Waals surface area (Å²) in [6.07, 6.45) is -0.802. The molecule has 1 aromatic rings. The largest absolute Gasteiger partial charge is 0.481 e. The molecule has 1 saturated heterocycles. The molecule has 0 saturated carbocycles. The Bertz CT molecular complexity index is 886. The van der Waals surface area contributed by atoms with Crippen molar-refractivity contribution in [2.24, 2.45) is 0 Å². The second kappa shape index (κ2) is 12.7. The van der Waals surface area contributed by atoms with E-state index in [4.69, 9.17) is 5.11 Å². The molecule has 3 amide bonds. The third-order valence-electron chi connectivity index (χ3n) is 5.35. The van der Waals surface area contributed by atoms with Gasteiger partial charge in [-0.1, -0.05) is 30.3 Å². The molecule has 0 aliphatic carbocycles. The molecule has 1 aliphatic rings. The van der Waals surface area contributed by atoms with Crippen LogP contribution in [0.4, 0.5) is 0 Å². The Labute approximate surface area is 196 Å². The van der Waals surface area contributed by atoms with E-state index in [-0.39, 0.29) is 6.42 Å². The maximum absolute atomic E-state index is 12.9. The van der Waals surface area contributed by atoms with Crippen molar-refractivity contribution in [3.63, 3.8) is 0 Å². The lowest BCUT2D eigenvalue weighted by Crippen LogP contribution is -2.60. The lowest BCUT2D eigenvalue weighted by molar-refractivity contribution is -0.147. The first-order valence-corrected chi connectivity index (χ1v) is 10.9. The van der Waals surface area contributed by atoms with Crippen molar-refractivity contribution in [1.82, 2.24) is 21.3 Å². The summed E-state index contributed by atoms with van der Waals surface area (Å²) in [5.41, 5.74) is 0.640. The number of hydrogen-bond donors (Lipinski definition) is 7. The summed E-state index contributed by atoms with van der Waals surface area (Å²) in [5, 5.41) is 38.3. The number of carbonyl (C=O) groups is 5. The van der Waals surface area contributed by atoms with Crippen LogP contribution in [0.5, 0.6) is 0 Å². The van der Waals surface area contributed by atoms with E-state index in [0.717, 1.165) is 6.42 Å². The van der Waals surface area contributed by atoms with Gasteiger partial charge in [0.1, 0.15) is 18.1 Å². The predicted octanol–water partition coefficient (Wildman–Crippen LogP) is -1.62. The molecule has 0 bridgehead atoms. The summed E-state index contributed by atoms with van der Waals surface area (Å²) in [5.74, 6) is -5.19. The van der Waals surface area contributed by atoms with Gasteiger partial charge in [0.25, 0.3) is 0 Å². The summed E-state index contributed by atoms with van der Waals surface area (Å²) in [6.45, 7) is 1.97. The maximum atomic E-state index is 12.9. The van der Waals surface area contributed by atoms with Crippen LogP contribution < -0.4 is 21.3 Å². The van der Waals surface area contributed by atoms with Crippen molar-refractivity contribution >= 4 is 29.7 Å². The van der Waals surface area contributed by atoms with E-state index in [0.29, 0.717) is 18.5 Å². The van der Waals surface area contributed by atoms with Crippen LogP contribution in [0.3, 0.4) is 0 Å². The van der Waals surface area contributed by atoms with Gasteiger partial charge in [-0.05, 0) is 31.9 Å². The van der Waals surface area contributed by atoms with Crippen molar-refractivity contribution < 1.29 is 39.3 Å². The monoisotopic (exact) mass is 478 g/mol. The third-order valence-corrected chi connectivity index (χ3v) is 5.35. The van der Waals surface area contributed by atoms with Crippen molar-refractivity contribution in [1.29, 1.82) is 0 Å². The van der Waals surface area contributed by atoms with Crippen LogP contribution in [-0.4, -0.2) is 81.8 Å². The molecular formula is C22H30N4O8. The van der Waals surface area contributed by atoms with Crippen molar-refractivity contribution in [2.75, 3.05) is 6.54 Å². The first-order chi connectivity index (χ1) is 16.1. The van der Waals surface area contributed by atoms with Crippen LogP contribution in [0.25, 0.3) is 0 Å². The number of carbonyl (C=O) groups excluding carboxylic acids is 3. The summed E-state index contributed by atoms with van der Waals surface area (Å²) in [7, 11) is 0. The molecule has 1 aliphatic heterocycles. The third kappa shape index (κ3) is 8.12. The molecule has 186 valence electrons. The van der Waals surface area contributed by atoms with Crippen LogP contribution in [-0.2, 0) is 30.4 Å². The zero-order chi connectivity index (χ0) is 25.3. The molecule has 5 unspecified atom stereocenters. The molecule has 1 heterocycles. The van der Waals surface area contributed by atoms with E-state index in [1.807, 2.05) is 0 Å². The number of nitrogens with one attached hydrogen (secondary N) is 4. The molecule has 1 fully saturated rings. The van der Waals surface area contributed by atoms with E-state index in [1.54, 1.807) is 30.3 Å².